The molecule has 1 N–H and O–H groups in total. The summed E-state index contributed by atoms with van der Waals surface area (Å²) in [5.74, 6) is -0.223. The first-order valence-electron chi connectivity index (χ1n) is 11.1. The van der Waals surface area contributed by atoms with Gasteiger partial charge < -0.3 is 5.11 Å². The number of fused-ring (bicyclic) bond motifs is 1. The Labute approximate surface area is 190 Å². The van der Waals surface area contributed by atoms with Gasteiger partial charge in [0.15, 0.2) is 5.65 Å². The van der Waals surface area contributed by atoms with Gasteiger partial charge in [-0.2, -0.15) is 5.10 Å². The fourth-order valence-electron chi connectivity index (χ4n) is 4.51. The molecule has 1 fully saturated rings. The largest absolute Gasteiger partial charge is 0.388 e. The molecule has 7 nitrogen and oxygen atoms in total. The first-order valence-corrected chi connectivity index (χ1v) is 11.1. The lowest BCUT2D eigenvalue weighted by atomic mass is 9.91. The van der Waals surface area contributed by atoms with Crippen molar-refractivity contribution in [2.24, 2.45) is 7.05 Å². The zero-order valence-electron chi connectivity index (χ0n) is 18.5. The average Bonchev–Trinajstić information content (AvgIpc) is 3.20. The van der Waals surface area contributed by atoms with E-state index in [1.54, 1.807) is 17.8 Å². The first-order chi connectivity index (χ1) is 15.9. The molecule has 170 valence electrons. The highest BCUT2D eigenvalue weighted by atomic mass is 19.1. The van der Waals surface area contributed by atoms with Crippen molar-refractivity contribution in [1.82, 2.24) is 24.2 Å². The average molecular weight is 448 g/mol. The molecule has 1 aliphatic heterocycles. The van der Waals surface area contributed by atoms with Gasteiger partial charge in [0.25, 0.3) is 5.56 Å². The molecular weight excluding hydrogens is 421 g/mol. The molecule has 8 heteroatoms. The number of rotatable bonds is 5. The smallest absolute Gasteiger partial charge is 0.264 e. The van der Waals surface area contributed by atoms with Gasteiger partial charge in [-0.15, -0.1) is 0 Å². The topological polar surface area (TPSA) is 76.2 Å². The Hall–Kier alpha value is -3.36. The van der Waals surface area contributed by atoms with E-state index in [9.17, 15) is 14.3 Å². The monoisotopic (exact) mass is 447 g/mol. The minimum atomic E-state index is -1.01. The van der Waals surface area contributed by atoms with Crippen molar-refractivity contribution in [3.05, 3.63) is 82.8 Å². The van der Waals surface area contributed by atoms with Crippen LogP contribution in [0.5, 0.6) is 0 Å². The molecule has 4 aromatic rings. The Bertz CT molecular complexity index is 1340. The number of aliphatic hydroxyl groups is 1. The molecule has 0 aliphatic carbocycles. The predicted octanol–water partition coefficient (Wildman–Crippen LogP) is 2.96. The Morgan fingerprint density at radius 3 is 2.58 bits per heavy atom. The summed E-state index contributed by atoms with van der Waals surface area (Å²) in [7, 11) is 1.74. The van der Waals surface area contributed by atoms with Gasteiger partial charge >= 0.3 is 0 Å². The standard InChI is InChI=1S/C25H26FN5O2/c1-29-23-21(14-28-29)24(32)31(17-27-23)16-25(33)9-11-30(12-10-25)15-20-8-7-19(13-22(20)26)18-5-3-2-4-6-18/h2-8,13-14,17,33H,9-12,15-16H2,1H3. The molecule has 0 atom stereocenters. The maximum Gasteiger partial charge on any atom is 0.264 e. The SMILES string of the molecule is Cn1ncc2c(=O)n(CC3(O)CCN(Cc4ccc(-c5ccccc5)cc4F)CC3)cnc21. The van der Waals surface area contributed by atoms with Gasteiger partial charge in [0.05, 0.1) is 18.3 Å². The summed E-state index contributed by atoms with van der Waals surface area (Å²) < 4.78 is 17.8. The van der Waals surface area contributed by atoms with E-state index in [1.165, 1.54) is 17.1 Å². The van der Waals surface area contributed by atoms with Crippen molar-refractivity contribution in [1.29, 1.82) is 0 Å². The van der Waals surface area contributed by atoms with E-state index >= 15 is 0 Å². The number of likely N-dealkylation sites (tertiary alicyclic amines) is 1. The highest BCUT2D eigenvalue weighted by Gasteiger charge is 2.33. The van der Waals surface area contributed by atoms with Crippen molar-refractivity contribution >= 4 is 11.0 Å². The molecule has 5 rings (SSSR count). The van der Waals surface area contributed by atoms with E-state index < -0.39 is 5.60 Å². The van der Waals surface area contributed by atoms with Gasteiger partial charge in [-0.1, -0.05) is 42.5 Å². The van der Waals surface area contributed by atoms with Crippen LogP contribution in [0.1, 0.15) is 18.4 Å². The molecule has 1 aliphatic rings. The number of piperidine rings is 1. The molecule has 0 amide bonds. The molecular formula is C25H26FN5O2. The van der Waals surface area contributed by atoms with Crippen molar-refractivity contribution in [2.45, 2.75) is 31.5 Å². The summed E-state index contributed by atoms with van der Waals surface area (Å²) in [5.41, 5.74) is 1.80. The molecule has 0 unspecified atom stereocenters. The van der Waals surface area contributed by atoms with Crippen LogP contribution in [0.4, 0.5) is 4.39 Å². The number of aryl methyl sites for hydroxylation is 1. The molecule has 2 aromatic heterocycles. The molecule has 33 heavy (non-hydrogen) atoms. The lowest BCUT2D eigenvalue weighted by Gasteiger charge is -2.38. The Morgan fingerprint density at radius 2 is 1.85 bits per heavy atom. The first kappa shape index (κ1) is 21.5. The fourth-order valence-corrected chi connectivity index (χ4v) is 4.51. The van der Waals surface area contributed by atoms with Crippen LogP contribution in [0.3, 0.4) is 0 Å². The number of nitrogens with zero attached hydrogens (tertiary/aromatic N) is 5. The van der Waals surface area contributed by atoms with Crippen molar-refractivity contribution in [3.8, 4) is 11.1 Å². The second kappa shape index (κ2) is 8.53. The maximum absolute atomic E-state index is 14.8. The predicted molar refractivity (Wildman–Crippen MR) is 124 cm³/mol. The minimum Gasteiger partial charge on any atom is -0.388 e. The van der Waals surface area contributed by atoms with Crippen LogP contribution >= 0.6 is 0 Å². The lowest BCUT2D eigenvalue weighted by Crippen LogP contribution is -2.47. The highest BCUT2D eigenvalue weighted by Crippen LogP contribution is 2.27. The van der Waals surface area contributed by atoms with Crippen LogP contribution in [-0.4, -0.2) is 48.0 Å². The van der Waals surface area contributed by atoms with E-state index in [0.29, 0.717) is 49.1 Å². The third kappa shape index (κ3) is 4.31. The van der Waals surface area contributed by atoms with Crippen LogP contribution in [-0.2, 0) is 20.1 Å². The minimum absolute atomic E-state index is 0.178. The molecule has 1 saturated heterocycles. The molecule has 0 spiro atoms. The van der Waals surface area contributed by atoms with E-state index in [1.807, 2.05) is 42.5 Å². The van der Waals surface area contributed by atoms with E-state index in [-0.39, 0.29) is 17.9 Å². The van der Waals surface area contributed by atoms with Crippen LogP contribution in [0, 0.1) is 5.82 Å². The number of halogens is 1. The number of hydrogen-bond donors (Lipinski definition) is 1. The van der Waals surface area contributed by atoms with Gasteiger partial charge in [-0.3, -0.25) is 18.9 Å². The maximum atomic E-state index is 14.8. The van der Waals surface area contributed by atoms with Crippen molar-refractivity contribution in [3.63, 3.8) is 0 Å². The quantitative estimate of drug-likeness (QED) is 0.509. The van der Waals surface area contributed by atoms with Crippen LogP contribution in [0.25, 0.3) is 22.2 Å². The van der Waals surface area contributed by atoms with Crippen LogP contribution in [0.2, 0.25) is 0 Å². The second-order valence-corrected chi connectivity index (χ2v) is 8.86. The van der Waals surface area contributed by atoms with Gasteiger partial charge in [-0.25, -0.2) is 9.37 Å². The van der Waals surface area contributed by atoms with Crippen molar-refractivity contribution < 1.29 is 9.50 Å². The summed E-state index contributed by atoms with van der Waals surface area (Å²) in [6, 6.07) is 15.1. The van der Waals surface area contributed by atoms with Crippen LogP contribution < -0.4 is 5.56 Å². The fraction of sp³-hybridized carbons (Fsp3) is 0.320. The molecule has 0 saturated carbocycles. The van der Waals surface area contributed by atoms with Gasteiger partial charge in [0, 0.05) is 32.2 Å². The summed E-state index contributed by atoms with van der Waals surface area (Å²) in [5, 5.41) is 15.6. The zero-order valence-corrected chi connectivity index (χ0v) is 18.5. The Balaban J connectivity index is 1.24. The number of benzene rings is 2. The van der Waals surface area contributed by atoms with Gasteiger partial charge in [0.1, 0.15) is 17.5 Å². The zero-order chi connectivity index (χ0) is 23.0. The summed E-state index contributed by atoms with van der Waals surface area (Å²) in [6.07, 6.45) is 3.97. The molecule has 2 aromatic carbocycles. The van der Waals surface area contributed by atoms with E-state index in [0.717, 1.165) is 11.1 Å². The third-order valence-electron chi connectivity index (χ3n) is 6.52. The molecule has 0 bridgehead atoms. The van der Waals surface area contributed by atoms with Crippen LogP contribution in [0.15, 0.2) is 65.8 Å². The van der Waals surface area contributed by atoms with E-state index in [4.69, 9.17) is 0 Å². The Morgan fingerprint density at radius 1 is 1.09 bits per heavy atom. The number of aromatic nitrogens is 4. The highest BCUT2D eigenvalue weighted by molar-refractivity contribution is 5.72. The lowest BCUT2D eigenvalue weighted by molar-refractivity contribution is -0.0366. The summed E-state index contributed by atoms with van der Waals surface area (Å²) >= 11 is 0. The van der Waals surface area contributed by atoms with Gasteiger partial charge in [-0.05, 0) is 30.0 Å². The third-order valence-corrected chi connectivity index (χ3v) is 6.52. The Kier molecular flexibility index (Phi) is 5.55. The van der Waals surface area contributed by atoms with E-state index in [2.05, 4.69) is 15.0 Å². The van der Waals surface area contributed by atoms with Gasteiger partial charge in [0.2, 0.25) is 0 Å². The van der Waals surface area contributed by atoms with Crippen molar-refractivity contribution in [2.75, 3.05) is 13.1 Å². The molecule has 3 heterocycles. The summed E-state index contributed by atoms with van der Waals surface area (Å²) in [6.45, 7) is 1.90. The normalized spacial score (nSPS) is 16.3. The summed E-state index contributed by atoms with van der Waals surface area (Å²) in [4.78, 5) is 19.2. The molecule has 0 radical (unpaired) electrons. The second-order valence-electron chi connectivity index (χ2n) is 8.86. The number of hydrogen-bond acceptors (Lipinski definition) is 5.